The predicted molar refractivity (Wildman–Crippen MR) is 118 cm³/mol. The van der Waals surface area contributed by atoms with Crippen LogP contribution in [-0.4, -0.2) is 18.0 Å². The van der Waals surface area contributed by atoms with Gasteiger partial charge in [-0.05, 0) is 54.1 Å². The van der Waals surface area contributed by atoms with Crippen molar-refractivity contribution in [2.75, 3.05) is 5.32 Å². The number of hydrogen-bond donors (Lipinski definition) is 2. The summed E-state index contributed by atoms with van der Waals surface area (Å²) in [5.74, 6) is 0.891. The van der Waals surface area contributed by atoms with Gasteiger partial charge in [-0.3, -0.25) is 9.59 Å². The van der Waals surface area contributed by atoms with Crippen LogP contribution in [0.2, 0.25) is 0 Å². The Hall–Kier alpha value is -3.93. The molecule has 3 rings (SSSR count). The molecular formula is C24H23N3O3. The Morgan fingerprint density at radius 3 is 2.30 bits per heavy atom. The van der Waals surface area contributed by atoms with Gasteiger partial charge in [0.2, 0.25) is 5.91 Å². The fourth-order valence-corrected chi connectivity index (χ4v) is 2.50. The summed E-state index contributed by atoms with van der Waals surface area (Å²) in [5, 5.41) is 6.79. The molecule has 0 aliphatic heterocycles. The van der Waals surface area contributed by atoms with Gasteiger partial charge in [-0.1, -0.05) is 44.2 Å². The number of amides is 2. The van der Waals surface area contributed by atoms with Gasteiger partial charge in [-0.2, -0.15) is 5.10 Å². The van der Waals surface area contributed by atoms with Crippen molar-refractivity contribution in [3.05, 3.63) is 90.0 Å². The zero-order chi connectivity index (χ0) is 21.3. The van der Waals surface area contributed by atoms with Gasteiger partial charge in [0.25, 0.3) is 5.91 Å². The van der Waals surface area contributed by atoms with Gasteiger partial charge in [0, 0.05) is 17.2 Å². The molecular weight excluding hydrogens is 378 g/mol. The number of rotatable bonds is 7. The Bertz CT molecular complexity index is 1030. The molecule has 0 aliphatic rings. The maximum Gasteiger partial charge on any atom is 0.271 e. The minimum atomic E-state index is -0.343. The first kappa shape index (κ1) is 20.8. The summed E-state index contributed by atoms with van der Waals surface area (Å²) in [5.41, 5.74) is 4.37. The molecule has 0 aromatic heterocycles. The summed E-state index contributed by atoms with van der Waals surface area (Å²) in [4.78, 5) is 24.0. The number of hydrazone groups is 1. The van der Waals surface area contributed by atoms with E-state index in [1.807, 2.05) is 68.4 Å². The van der Waals surface area contributed by atoms with Crippen LogP contribution >= 0.6 is 0 Å². The molecule has 3 aromatic carbocycles. The van der Waals surface area contributed by atoms with Crippen LogP contribution in [0.4, 0.5) is 5.69 Å². The van der Waals surface area contributed by atoms with Crippen LogP contribution in [0.25, 0.3) is 0 Å². The predicted octanol–water partition coefficient (Wildman–Crippen LogP) is 4.84. The smallest absolute Gasteiger partial charge is 0.271 e. The number of carbonyl (C=O) groups excluding carboxylic acids is 2. The number of nitrogens with zero attached hydrogens (tertiary/aromatic N) is 1. The topological polar surface area (TPSA) is 79.8 Å². The van der Waals surface area contributed by atoms with Crippen LogP contribution in [0.15, 0.2) is 84.0 Å². The van der Waals surface area contributed by atoms with Gasteiger partial charge >= 0.3 is 0 Å². The van der Waals surface area contributed by atoms with Crippen LogP contribution < -0.4 is 15.5 Å². The zero-order valence-corrected chi connectivity index (χ0v) is 16.8. The first-order valence-corrected chi connectivity index (χ1v) is 9.58. The minimum absolute atomic E-state index is 0.0738. The molecule has 0 unspecified atom stereocenters. The first-order chi connectivity index (χ1) is 14.5. The summed E-state index contributed by atoms with van der Waals surface area (Å²) in [6, 6.07) is 23.5. The summed E-state index contributed by atoms with van der Waals surface area (Å²) >= 11 is 0. The van der Waals surface area contributed by atoms with E-state index in [0.717, 1.165) is 11.3 Å². The van der Waals surface area contributed by atoms with Crippen LogP contribution in [-0.2, 0) is 4.79 Å². The van der Waals surface area contributed by atoms with Gasteiger partial charge in [-0.25, -0.2) is 5.43 Å². The third kappa shape index (κ3) is 6.04. The molecule has 0 heterocycles. The molecule has 0 saturated carbocycles. The van der Waals surface area contributed by atoms with E-state index in [1.165, 1.54) is 0 Å². The monoisotopic (exact) mass is 401 g/mol. The van der Waals surface area contributed by atoms with Crippen molar-refractivity contribution >= 4 is 23.7 Å². The fraction of sp³-hybridized carbons (Fsp3) is 0.125. The van der Waals surface area contributed by atoms with E-state index >= 15 is 0 Å². The molecule has 0 spiro atoms. The van der Waals surface area contributed by atoms with E-state index in [1.54, 1.807) is 30.5 Å². The molecule has 30 heavy (non-hydrogen) atoms. The lowest BCUT2D eigenvalue weighted by atomic mass is 10.1. The quantitative estimate of drug-likeness (QED) is 0.439. The fourth-order valence-electron chi connectivity index (χ4n) is 2.50. The number of benzene rings is 3. The van der Waals surface area contributed by atoms with Crippen molar-refractivity contribution < 1.29 is 14.3 Å². The molecule has 0 fully saturated rings. The molecule has 3 aromatic rings. The largest absolute Gasteiger partial charge is 0.457 e. The highest BCUT2D eigenvalue weighted by molar-refractivity contribution is 5.96. The minimum Gasteiger partial charge on any atom is -0.457 e. The number of hydrogen-bond acceptors (Lipinski definition) is 4. The third-order valence-corrected chi connectivity index (χ3v) is 4.16. The molecule has 0 saturated heterocycles. The highest BCUT2D eigenvalue weighted by atomic mass is 16.5. The van der Waals surface area contributed by atoms with E-state index < -0.39 is 0 Å². The van der Waals surface area contributed by atoms with Crippen molar-refractivity contribution in [2.45, 2.75) is 13.8 Å². The Labute approximate surface area is 175 Å². The second-order valence-electron chi connectivity index (χ2n) is 6.91. The molecule has 0 radical (unpaired) electrons. The van der Waals surface area contributed by atoms with Gasteiger partial charge in [0.15, 0.2) is 0 Å². The Kier molecular flexibility index (Phi) is 6.95. The van der Waals surface area contributed by atoms with Crippen LogP contribution in [0.3, 0.4) is 0 Å². The average molecular weight is 401 g/mol. The molecule has 2 N–H and O–H groups in total. The highest BCUT2D eigenvalue weighted by Gasteiger charge is 2.08. The Balaban J connectivity index is 1.56. The highest BCUT2D eigenvalue weighted by Crippen LogP contribution is 2.21. The van der Waals surface area contributed by atoms with Gasteiger partial charge < -0.3 is 10.1 Å². The van der Waals surface area contributed by atoms with Gasteiger partial charge in [0.05, 0.1) is 6.21 Å². The van der Waals surface area contributed by atoms with E-state index in [-0.39, 0.29) is 17.7 Å². The average Bonchev–Trinajstić information content (AvgIpc) is 2.75. The van der Waals surface area contributed by atoms with Crippen molar-refractivity contribution in [3.8, 4) is 11.5 Å². The lowest BCUT2D eigenvalue weighted by molar-refractivity contribution is -0.118. The number of anilines is 1. The number of ether oxygens (including phenoxy) is 1. The van der Waals surface area contributed by atoms with Crippen molar-refractivity contribution in [1.29, 1.82) is 0 Å². The lowest BCUT2D eigenvalue weighted by Crippen LogP contribution is -2.19. The van der Waals surface area contributed by atoms with Crippen molar-refractivity contribution in [2.24, 2.45) is 11.0 Å². The number of nitrogens with one attached hydrogen (secondary N) is 2. The summed E-state index contributed by atoms with van der Waals surface area (Å²) in [6.45, 7) is 3.64. The second kappa shape index (κ2) is 10.0. The standard InChI is InChI=1S/C24H23N3O3/c1-17(2)23(28)26-20-13-11-19(12-14-20)24(29)27-25-16-18-7-6-10-22(15-18)30-21-8-4-3-5-9-21/h3-17H,1-2H3,(H,26,28)(H,27,29)/b25-16-. The van der Waals surface area contributed by atoms with Crippen LogP contribution in [0.1, 0.15) is 29.8 Å². The number of carbonyl (C=O) groups is 2. The van der Waals surface area contributed by atoms with Gasteiger partial charge in [0.1, 0.15) is 11.5 Å². The molecule has 0 bridgehead atoms. The molecule has 6 heteroatoms. The van der Waals surface area contributed by atoms with Crippen LogP contribution in [0, 0.1) is 5.92 Å². The van der Waals surface area contributed by atoms with Gasteiger partial charge in [-0.15, -0.1) is 0 Å². The molecule has 0 aliphatic carbocycles. The maximum atomic E-state index is 12.2. The summed E-state index contributed by atoms with van der Waals surface area (Å²) < 4.78 is 5.79. The molecule has 6 nitrogen and oxygen atoms in total. The SMILES string of the molecule is CC(C)C(=O)Nc1ccc(C(=O)N/N=C\c2cccc(Oc3ccccc3)c2)cc1. The second-order valence-corrected chi connectivity index (χ2v) is 6.91. The molecule has 2 amide bonds. The van der Waals surface area contributed by atoms with E-state index in [0.29, 0.717) is 17.0 Å². The van der Waals surface area contributed by atoms with E-state index in [9.17, 15) is 9.59 Å². The Morgan fingerprint density at radius 2 is 1.60 bits per heavy atom. The summed E-state index contributed by atoms with van der Waals surface area (Å²) in [7, 11) is 0. The van der Waals surface area contributed by atoms with Crippen molar-refractivity contribution in [3.63, 3.8) is 0 Å². The van der Waals surface area contributed by atoms with E-state index in [2.05, 4.69) is 15.8 Å². The van der Waals surface area contributed by atoms with Crippen molar-refractivity contribution in [1.82, 2.24) is 5.43 Å². The number of para-hydroxylation sites is 1. The zero-order valence-electron chi connectivity index (χ0n) is 16.8. The first-order valence-electron chi connectivity index (χ1n) is 9.58. The maximum absolute atomic E-state index is 12.2. The third-order valence-electron chi connectivity index (χ3n) is 4.16. The molecule has 152 valence electrons. The van der Waals surface area contributed by atoms with E-state index in [4.69, 9.17) is 4.74 Å². The molecule has 0 atom stereocenters. The van der Waals surface area contributed by atoms with Crippen LogP contribution in [0.5, 0.6) is 11.5 Å². The lowest BCUT2D eigenvalue weighted by Gasteiger charge is -2.08. The summed E-state index contributed by atoms with van der Waals surface area (Å²) in [6.07, 6.45) is 1.55. The normalized spacial score (nSPS) is 10.8. The Morgan fingerprint density at radius 1 is 0.900 bits per heavy atom.